The van der Waals surface area contributed by atoms with Crippen molar-refractivity contribution < 1.29 is 0 Å². The van der Waals surface area contributed by atoms with Crippen LogP contribution in [0.1, 0.15) is 31.2 Å². The van der Waals surface area contributed by atoms with Crippen molar-refractivity contribution in [3.63, 3.8) is 0 Å². The first-order valence-corrected chi connectivity index (χ1v) is 7.46. The van der Waals surface area contributed by atoms with Gasteiger partial charge in [0, 0.05) is 18.5 Å². The van der Waals surface area contributed by atoms with Crippen LogP contribution in [-0.2, 0) is 0 Å². The summed E-state index contributed by atoms with van der Waals surface area (Å²) in [5.74, 6) is 1.86. The molecule has 1 aliphatic rings. The van der Waals surface area contributed by atoms with Crippen LogP contribution in [0.2, 0.25) is 0 Å². The molecule has 5 heteroatoms. The first kappa shape index (κ1) is 12.7. The third kappa shape index (κ3) is 2.41. The number of anilines is 1. The van der Waals surface area contributed by atoms with Gasteiger partial charge in [0.05, 0.1) is 0 Å². The molecule has 0 aliphatic heterocycles. The number of pyridine rings is 1. The van der Waals surface area contributed by atoms with E-state index in [9.17, 15) is 0 Å². The molecule has 0 atom stereocenters. The van der Waals surface area contributed by atoms with Crippen molar-refractivity contribution in [1.29, 1.82) is 0 Å². The van der Waals surface area contributed by atoms with Crippen molar-refractivity contribution in [2.75, 3.05) is 17.3 Å². The average Bonchev–Trinajstić information content (AvgIpc) is 2.78. The minimum absolute atomic E-state index is 0.636. The predicted molar refractivity (Wildman–Crippen MR) is 78.0 cm³/mol. The van der Waals surface area contributed by atoms with E-state index in [-0.39, 0.29) is 0 Å². The molecule has 0 radical (unpaired) electrons. The SMILES string of the molecule is Cc1cc(N(CCCCl)C2CCC2)n2ncnc2c1. The first-order valence-electron chi connectivity index (χ1n) is 6.92. The van der Waals surface area contributed by atoms with Gasteiger partial charge in [-0.1, -0.05) is 0 Å². The molecule has 0 spiro atoms. The number of aryl methyl sites for hydroxylation is 1. The summed E-state index contributed by atoms with van der Waals surface area (Å²) in [6, 6.07) is 4.91. The Balaban J connectivity index is 2.00. The third-order valence-corrected chi connectivity index (χ3v) is 4.11. The zero-order chi connectivity index (χ0) is 13.2. The topological polar surface area (TPSA) is 33.4 Å². The fourth-order valence-corrected chi connectivity index (χ4v) is 2.77. The Bertz CT molecular complexity index is 562. The summed E-state index contributed by atoms with van der Waals surface area (Å²) in [6.07, 6.45) is 6.49. The maximum absolute atomic E-state index is 5.87. The van der Waals surface area contributed by atoms with Crippen molar-refractivity contribution >= 4 is 23.1 Å². The number of aromatic nitrogens is 3. The fraction of sp³-hybridized carbons (Fsp3) is 0.571. The molecule has 2 heterocycles. The van der Waals surface area contributed by atoms with Crippen molar-refractivity contribution in [3.8, 4) is 0 Å². The number of nitrogens with zero attached hydrogens (tertiary/aromatic N) is 4. The summed E-state index contributed by atoms with van der Waals surface area (Å²) in [5.41, 5.74) is 2.15. The van der Waals surface area contributed by atoms with E-state index in [2.05, 4.69) is 34.0 Å². The van der Waals surface area contributed by atoms with Crippen molar-refractivity contribution in [1.82, 2.24) is 14.6 Å². The molecule has 0 aromatic carbocycles. The standard InChI is InChI=1S/C14H19ClN4/c1-11-8-13-16-10-17-19(13)14(9-11)18(7-3-6-15)12-4-2-5-12/h8-10,12H,2-7H2,1H3. The van der Waals surface area contributed by atoms with E-state index in [1.54, 1.807) is 6.33 Å². The van der Waals surface area contributed by atoms with Crippen molar-refractivity contribution in [2.24, 2.45) is 0 Å². The summed E-state index contributed by atoms with van der Waals surface area (Å²) in [6.45, 7) is 3.10. The molecule has 1 fully saturated rings. The number of rotatable bonds is 5. The van der Waals surface area contributed by atoms with E-state index in [1.165, 1.54) is 24.8 Å². The lowest BCUT2D eigenvalue weighted by molar-refractivity contribution is 0.382. The summed E-state index contributed by atoms with van der Waals surface area (Å²) in [5, 5.41) is 4.36. The molecule has 102 valence electrons. The Morgan fingerprint density at radius 2 is 2.26 bits per heavy atom. The minimum atomic E-state index is 0.636. The van der Waals surface area contributed by atoms with Gasteiger partial charge in [0.25, 0.3) is 0 Å². The van der Waals surface area contributed by atoms with Crippen LogP contribution in [0, 0.1) is 6.92 Å². The van der Waals surface area contributed by atoms with Gasteiger partial charge in [0.15, 0.2) is 5.65 Å². The molecule has 0 saturated heterocycles. The van der Waals surface area contributed by atoms with Crippen LogP contribution in [0.3, 0.4) is 0 Å². The molecular weight excluding hydrogens is 260 g/mol. The highest BCUT2D eigenvalue weighted by molar-refractivity contribution is 6.17. The van der Waals surface area contributed by atoms with Gasteiger partial charge < -0.3 is 4.90 Å². The summed E-state index contributed by atoms with van der Waals surface area (Å²) in [4.78, 5) is 6.76. The second kappa shape index (κ2) is 5.37. The Kier molecular flexibility index (Phi) is 3.60. The molecule has 0 amide bonds. The summed E-state index contributed by atoms with van der Waals surface area (Å²) in [7, 11) is 0. The normalized spacial score (nSPS) is 15.7. The lowest BCUT2D eigenvalue weighted by atomic mass is 9.91. The summed E-state index contributed by atoms with van der Waals surface area (Å²) >= 11 is 5.87. The molecule has 1 saturated carbocycles. The zero-order valence-corrected chi connectivity index (χ0v) is 12.0. The van der Waals surface area contributed by atoms with Crippen LogP contribution in [0.4, 0.5) is 5.82 Å². The van der Waals surface area contributed by atoms with Gasteiger partial charge in [-0.2, -0.15) is 9.61 Å². The molecule has 2 aromatic heterocycles. The molecule has 19 heavy (non-hydrogen) atoms. The second-order valence-corrected chi connectivity index (χ2v) is 5.62. The third-order valence-electron chi connectivity index (χ3n) is 3.85. The highest BCUT2D eigenvalue weighted by atomic mass is 35.5. The van der Waals surface area contributed by atoms with E-state index in [0.29, 0.717) is 11.9 Å². The summed E-state index contributed by atoms with van der Waals surface area (Å²) < 4.78 is 1.94. The lowest BCUT2D eigenvalue weighted by Crippen LogP contribution is -2.42. The zero-order valence-electron chi connectivity index (χ0n) is 11.2. The monoisotopic (exact) mass is 278 g/mol. The fourth-order valence-electron chi connectivity index (χ4n) is 2.65. The number of fused-ring (bicyclic) bond motifs is 1. The molecule has 4 nitrogen and oxygen atoms in total. The van der Waals surface area contributed by atoms with Crippen molar-refractivity contribution in [2.45, 2.75) is 38.6 Å². The Labute approximate surface area is 118 Å². The number of hydrogen-bond donors (Lipinski definition) is 0. The van der Waals surface area contributed by atoms with Crippen LogP contribution in [-0.4, -0.2) is 33.1 Å². The second-order valence-electron chi connectivity index (χ2n) is 5.24. The quantitative estimate of drug-likeness (QED) is 0.789. The average molecular weight is 279 g/mol. The molecule has 0 unspecified atom stereocenters. The van der Waals surface area contributed by atoms with E-state index in [4.69, 9.17) is 11.6 Å². The largest absolute Gasteiger partial charge is 0.353 e. The molecule has 2 aromatic rings. The maximum Gasteiger partial charge on any atom is 0.157 e. The number of alkyl halides is 1. The minimum Gasteiger partial charge on any atom is -0.353 e. The van der Waals surface area contributed by atoms with Crippen LogP contribution >= 0.6 is 11.6 Å². The van der Waals surface area contributed by atoms with Crippen LogP contribution in [0.5, 0.6) is 0 Å². The Morgan fingerprint density at radius 3 is 2.95 bits per heavy atom. The molecular formula is C14H19ClN4. The number of halogens is 1. The lowest BCUT2D eigenvalue weighted by Gasteiger charge is -2.39. The smallest absolute Gasteiger partial charge is 0.157 e. The van der Waals surface area contributed by atoms with Gasteiger partial charge in [0.1, 0.15) is 12.1 Å². The number of hydrogen-bond acceptors (Lipinski definition) is 3. The van der Waals surface area contributed by atoms with Crippen LogP contribution in [0.15, 0.2) is 18.5 Å². The van der Waals surface area contributed by atoms with Gasteiger partial charge in [0.2, 0.25) is 0 Å². The first-order chi connectivity index (χ1) is 9.29. The van der Waals surface area contributed by atoms with E-state index < -0.39 is 0 Å². The van der Waals surface area contributed by atoms with E-state index in [0.717, 1.165) is 24.4 Å². The van der Waals surface area contributed by atoms with Gasteiger partial charge in [-0.3, -0.25) is 0 Å². The van der Waals surface area contributed by atoms with Gasteiger partial charge >= 0.3 is 0 Å². The van der Waals surface area contributed by atoms with Crippen LogP contribution in [0.25, 0.3) is 5.65 Å². The van der Waals surface area contributed by atoms with E-state index >= 15 is 0 Å². The highest BCUT2D eigenvalue weighted by Crippen LogP contribution is 2.30. The van der Waals surface area contributed by atoms with Gasteiger partial charge in [-0.05, 0) is 50.3 Å². The van der Waals surface area contributed by atoms with Gasteiger partial charge in [-0.25, -0.2) is 4.98 Å². The van der Waals surface area contributed by atoms with Crippen LogP contribution < -0.4 is 4.90 Å². The molecule has 0 bridgehead atoms. The predicted octanol–water partition coefficient (Wildman–Crippen LogP) is 3.03. The maximum atomic E-state index is 5.87. The molecule has 0 N–H and O–H groups in total. The van der Waals surface area contributed by atoms with E-state index in [1.807, 2.05) is 4.52 Å². The molecule has 1 aliphatic carbocycles. The van der Waals surface area contributed by atoms with Gasteiger partial charge in [-0.15, -0.1) is 11.6 Å². The Hall–Kier alpha value is -1.29. The molecule has 3 rings (SSSR count). The highest BCUT2D eigenvalue weighted by Gasteiger charge is 2.26. The Morgan fingerprint density at radius 1 is 1.42 bits per heavy atom. The van der Waals surface area contributed by atoms with Crippen molar-refractivity contribution in [3.05, 3.63) is 24.0 Å².